The van der Waals surface area contributed by atoms with E-state index in [9.17, 15) is 4.79 Å². The second-order valence-electron chi connectivity index (χ2n) is 5.73. The molecule has 0 bridgehead atoms. The highest BCUT2D eigenvalue weighted by atomic mass is 32.2. The molecule has 0 fully saturated rings. The van der Waals surface area contributed by atoms with E-state index in [0.29, 0.717) is 12.3 Å². The molecule has 0 aliphatic rings. The van der Waals surface area contributed by atoms with E-state index in [1.54, 1.807) is 12.0 Å². The maximum Gasteiger partial charge on any atom is 0.233 e. The van der Waals surface area contributed by atoms with Gasteiger partial charge in [0.25, 0.3) is 0 Å². The lowest BCUT2D eigenvalue weighted by molar-refractivity contribution is -0.127. The number of rotatable bonds is 6. The largest absolute Gasteiger partial charge is 0.497 e. The predicted octanol–water partition coefficient (Wildman–Crippen LogP) is 3.99. The van der Waals surface area contributed by atoms with Crippen LogP contribution in [0.1, 0.15) is 5.56 Å². The van der Waals surface area contributed by atoms with Gasteiger partial charge in [-0.3, -0.25) is 4.79 Å². The highest BCUT2D eigenvalue weighted by molar-refractivity contribution is 7.99. The number of methoxy groups -OCH3 is 1. The summed E-state index contributed by atoms with van der Waals surface area (Å²) in [5, 5.41) is 1.97. The predicted molar refractivity (Wildman–Crippen MR) is 102 cm³/mol. The van der Waals surface area contributed by atoms with Crippen LogP contribution in [0.3, 0.4) is 0 Å². The summed E-state index contributed by atoms with van der Waals surface area (Å²) in [7, 11) is 3.46. The minimum atomic E-state index is 0.0720. The Kier molecular flexibility index (Phi) is 5.56. The summed E-state index contributed by atoms with van der Waals surface area (Å²) in [5.41, 5.74) is 1.99. The van der Waals surface area contributed by atoms with Crippen LogP contribution >= 0.6 is 11.8 Å². The summed E-state index contributed by atoms with van der Waals surface area (Å²) in [4.78, 5) is 18.7. The van der Waals surface area contributed by atoms with Crippen molar-refractivity contribution < 1.29 is 9.53 Å². The summed E-state index contributed by atoms with van der Waals surface area (Å²) in [6, 6.07) is 19.7. The summed E-state index contributed by atoms with van der Waals surface area (Å²) in [5.74, 6) is 1.24. The van der Waals surface area contributed by atoms with E-state index in [-0.39, 0.29) is 5.91 Å². The lowest BCUT2D eigenvalue weighted by Gasteiger charge is -2.17. The Labute approximate surface area is 151 Å². The first-order valence-electron chi connectivity index (χ1n) is 8.01. The Morgan fingerprint density at radius 1 is 1.12 bits per heavy atom. The minimum Gasteiger partial charge on any atom is -0.497 e. The number of carbonyl (C=O) groups excluding carboxylic acids is 1. The van der Waals surface area contributed by atoms with Crippen LogP contribution in [0.5, 0.6) is 5.75 Å². The molecule has 25 heavy (non-hydrogen) atoms. The average Bonchev–Trinajstić information content (AvgIpc) is 2.66. The molecule has 4 nitrogen and oxygen atoms in total. The topological polar surface area (TPSA) is 42.4 Å². The number of benzene rings is 2. The number of thioether (sulfide) groups is 1. The normalized spacial score (nSPS) is 10.6. The van der Waals surface area contributed by atoms with Gasteiger partial charge in [-0.15, -0.1) is 0 Å². The van der Waals surface area contributed by atoms with Crippen molar-refractivity contribution in [1.82, 2.24) is 9.88 Å². The quantitative estimate of drug-likeness (QED) is 0.629. The lowest BCUT2D eigenvalue weighted by Crippen LogP contribution is -2.27. The van der Waals surface area contributed by atoms with Gasteiger partial charge in [0.1, 0.15) is 5.75 Å². The summed E-state index contributed by atoms with van der Waals surface area (Å²) in [6.45, 7) is 0.557. The fourth-order valence-electron chi connectivity index (χ4n) is 2.51. The number of aromatic nitrogens is 1. The molecule has 1 amide bonds. The monoisotopic (exact) mass is 352 g/mol. The zero-order chi connectivity index (χ0) is 17.6. The number of hydrogen-bond acceptors (Lipinski definition) is 4. The molecule has 1 aromatic heterocycles. The van der Waals surface area contributed by atoms with E-state index in [2.05, 4.69) is 4.98 Å². The van der Waals surface area contributed by atoms with Crippen LogP contribution in [0.25, 0.3) is 10.9 Å². The van der Waals surface area contributed by atoms with Gasteiger partial charge < -0.3 is 9.64 Å². The first-order chi connectivity index (χ1) is 12.2. The Hall–Kier alpha value is -2.53. The zero-order valence-corrected chi connectivity index (χ0v) is 15.1. The van der Waals surface area contributed by atoms with Crippen molar-refractivity contribution in [3.05, 3.63) is 66.2 Å². The molecule has 1 heterocycles. The van der Waals surface area contributed by atoms with E-state index in [4.69, 9.17) is 4.74 Å². The van der Waals surface area contributed by atoms with E-state index in [1.807, 2.05) is 67.7 Å². The van der Waals surface area contributed by atoms with Gasteiger partial charge in [0.15, 0.2) is 0 Å². The van der Waals surface area contributed by atoms with Crippen LogP contribution in [0.15, 0.2) is 65.7 Å². The van der Waals surface area contributed by atoms with E-state index in [1.165, 1.54) is 11.8 Å². The van der Waals surface area contributed by atoms with Gasteiger partial charge in [0, 0.05) is 19.0 Å². The zero-order valence-electron chi connectivity index (χ0n) is 14.3. The molecular formula is C20H20N2O2S. The number of nitrogens with zero attached hydrogens (tertiary/aromatic N) is 2. The van der Waals surface area contributed by atoms with Gasteiger partial charge >= 0.3 is 0 Å². The number of pyridine rings is 1. The van der Waals surface area contributed by atoms with Crippen molar-refractivity contribution in [3.63, 3.8) is 0 Å². The van der Waals surface area contributed by atoms with Gasteiger partial charge in [-0.25, -0.2) is 4.98 Å². The van der Waals surface area contributed by atoms with Gasteiger partial charge in [0.2, 0.25) is 5.91 Å². The first kappa shape index (κ1) is 17.3. The van der Waals surface area contributed by atoms with Crippen molar-refractivity contribution in [2.24, 2.45) is 0 Å². The van der Waals surface area contributed by atoms with E-state index in [0.717, 1.165) is 27.2 Å². The molecule has 0 unspecified atom stereocenters. The molecule has 0 aliphatic carbocycles. The third kappa shape index (κ3) is 4.51. The lowest BCUT2D eigenvalue weighted by atomic mass is 10.2. The van der Waals surface area contributed by atoms with Crippen LogP contribution in [0, 0.1) is 0 Å². The maximum absolute atomic E-state index is 12.4. The second-order valence-corrected chi connectivity index (χ2v) is 6.73. The molecule has 3 aromatic rings. The molecule has 0 N–H and O–H groups in total. The highest BCUT2D eigenvalue weighted by Crippen LogP contribution is 2.20. The molecule has 128 valence electrons. The molecule has 0 spiro atoms. The van der Waals surface area contributed by atoms with Gasteiger partial charge in [-0.1, -0.05) is 48.2 Å². The summed E-state index contributed by atoms with van der Waals surface area (Å²) >= 11 is 1.46. The molecule has 3 rings (SSSR count). The minimum absolute atomic E-state index is 0.0720. The van der Waals surface area contributed by atoms with E-state index >= 15 is 0 Å². The molecule has 0 radical (unpaired) electrons. The Bertz CT molecular complexity index is 882. The second kappa shape index (κ2) is 8.03. The van der Waals surface area contributed by atoms with Crippen LogP contribution in [-0.4, -0.2) is 35.7 Å². The number of hydrogen-bond donors (Lipinski definition) is 0. The number of para-hydroxylation sites is 1. The molecule has 0 atom stereocenters. The van der Waals surface area contributed by atoms with Crippen molar-refractivity contribution in [1.29, 1.82) is 0 Å². The van der Waals surface area contributed by atoms with E-state index < -0.39 is 0 Å². The maximum atomic E-state index is 12.4. The molecule has 0 saturated carbocycles. The fraction of sp³-hybridized carbons (Fsp3) is 0.200. The standard InChI is InChI=1S/C20H20N2O2S/c1-22(13-15-6-5-8-17(12-15)24-2)20(23)14-25-19-11-10-16-7-3-4-9-18(16)21-19/h3-12H,13-14H2,1-2H3. The van der Waals surface area contributed by atoms with Crippen LogP contribution in [-0.2, 0) is 11.3 Å². The van der Waals surface area contributed by atoms with Crippen molar-refractivity contribution in [2.75, 3.05) is 19.9 Å². The first-order valence-corrected chi connectivity index (χ1v) is 9.00. The molecule has 2 aromatic carbocycles. The number of amides is 1. The number of fused-ring (bicyclic) bond motifs is 1. The average molecular weight is 352 g/mol. The summed E-state index contributed by atoms with van der Waals surface area (Å²) in [6.07, 6.45) is 0. The van der Waals surface area contributed by atoms with Crippen molar-refractivity contribution in [2.45, 2.75) is 11.6 Å². The van der Waals surface area contributed by atoms with Gasteiger partial charge in [-0.05, 0) is 29.8 Å². The van der Waals surface area contributed by atoms with Crippen molar-refractivity contribution in [3.8, 4) is 5.75 Å². The molecular weight excluding hydrogens is 332 g/mol. The highest BCUT2D eigenvalue weighted by Gasteiger charge is 2.11. The Morgan fingerprint density at radius 2 is 1.96 bits per heavy atom. The third-order valence-corrected chi connectivity index (χ3v) is 4.81. The Balaban J connectivity index is 1.58. The van der Waals surface area contributed by atoms with Gasteiger partial charge in [0.05, 0.1) is 23.4 Å². The third-order valence-electron chi connectivity index (χ3n) is 3.90. The number of carbonyl (C=O) groups is 1. The van der Waals surface area contributed by atoms with Crippen LogP contribution in [0.2, 0.25) is 0 Å². The van der Waals surface area contributed by atoms with Crippen LogP contribution in [0.4, 0.5) is 0 Å². The fourth-order valence-corrected chi connectivity index (χ4v) is 3.33. The summed E-state index contributed by atoms with van der Waals surface area (Å²) < 4.78 is 5.22. The SMILES string of the molecule is COc1cccc(CN(C)C(=O)CSc2ccc3ccccc3n2)c1. The number of ether oxygens (including phenoxy) is 1. The molecule has 5 heteroatoms. The van der Waals surface area contributed by atoms with Crippen LogP contribution < -0.4 is 4.74 Å². The van der Waals surface area contributed by atoms with Crippen molar-refractivity contribution >= 4 is 28.6 Å². The smallest absolute Gasteiger partial charge is 0.233 e. The molecule has 0 saturated heterocycles. The Morgan fingerprint density at radius 3 is 2.80 bits per heavy atom. The van der Waals surface area contributed by atoms with Gasteiger partial charge in [-0.2, -0.15) is 0 Å². The molecule has 0 aliphatic heterocycles.